The van der Waals surface area contributed by atoms with Gasteiger partial charge < -0.3 is 15.5 Å². The van der Waals surface area contributed by atoms with E-state index in [1.165, 1.54) is 0 Å². The van der Waals surface area contributed by atoms with E-state index in [2.05, 4.69) is 26.5 Å². The van der Waals surface area contributed by atoms with Crippen molar-refractivity contribution in [2.75, 3.05) is 28.6 Å². The molecule has 2 amide bonds. The predicted molar refractivity (Wildman–Crippen MR) is 113 cm³/mol. The van der Waals surface area contributed by atoms with Crippen molar-refractivity contribution in [1.82, 2.24) is 0 Å². The number of carbonyl (C=O) groups is 2. The predicted octanol–water partition coefficient (Wildman–Crippen LogP) is 3.59. The maximum atomic E-state index is 13.3. The minimum absolute atomic E-state index is 0.0120. The largest absolute Gasteiger partial charge is 0.399 e. The second kappa shape index (κ2) is 6.51. The normalized spacial score (nSPS) is 20.4. The Balaban J connectivity index is 1.60. The zero-order valence-corrected chi connectivity index (χ0v) is 16.3. The van der Waals surface area contributed by atoms with Gasteiger partial charge in [0, 0.05) is 42.0 Å². The van der Waals surface area contributed by atoms with Crippen LogP contribution in [0, 0.1) is 5.92 Å². The highest BCUT2D eigenvalue weighted by Crippen LogP contribution is 2.42. The molecule has 0 spiro atoms. The van der Waals surface area contributed by atoms with E-state index in [1.54, 1.807) is 17.0 Å². The molecule has 5 nitrogen and oxygen atoms in total. The van der Waals surface area contributed by atoms with Crippen LogP contribution in [-0.2, 0) is 15.0 Å². The van der Waals surface area contributed by atoms with Gasteiger partial charge in [0.15, 0.2) is 0 Å². The molecule has 0 aliphatic carbocycles. The van der Waals surface area contributed by atoms with Crippen LogP contribution < -0.4 is 15.5 Å². The Morgan fingerprint density at radius 2 is 2.04 bits per heavy atom. The number of fused-ring (bicyclic) bond motifs is 1. The average Bonchev–Trinajstić information content (AvgIpc) is 3.18. The van der Waals surface area contributed by atoms with E-state index in [1.807, 2.05) is 35.2 Å². The monoisotopic (exact) mass is 375 g/mol. The molecule has 0 saturated carbocycles. The van der Waals surface area contributed by atoms with Crippen LogP contribution in [0.3, 0.4) is 0 Å². The first-order chi connectivity index (χ1) is 13.3. The Labute approximate surface area is 165 Å². The molecule has 5 heteroatoms. The molecular formula is C23H25N3O2. The Bertz CT molecular complexity index is 980. The van der Waals surface area contributed by atoms with Crippen molar-refractivity contribution in [3.05, 3.63) is 60.2 Å². The van der Waals surface area contributed by atoms with Gasteiger partial charge in [0.25, 0.3) is 0 Å². The van der Waals surface area contributed by atoms with Crippen LogP contribution in [0.2, 0.25) is 0 Å². The molecule has 1 unspecified atom stereocenters. The third-order valence-corrected chi connectivity index (χ3v) is 5.75. The molecule has 4 rings (SSSR count). The van der Waals surface area contributed by atoms with E-state index in [4.69, 9.17) is 5.73 Å². The average molecular weight is 375 g/mol. The van der Waals surface area contributed by atoms with Crippen LogP contribution in [-0.4, -0.2) is 24.9 Å². The summed E-state index contributed by atoms with van der Waals surface area (Å²) in [5, 5.41) is 0. The fourth-order valence-electron chi connectivity index (χ4n) is 4.26. The molecule has 2 aromatic carbocycles. The number of benzene rings is 2. The van der Waals surface area contributed by atoms with Crippen LogP contribution >= 0.6 is 0 Å². The zero-order chi connectivity index (χ0) is 20.1. The fourth-order valence-corrected chi connectivity index (χ4v) is 4.26. The highest BCUT2D eigenvalue weighted by atomic mass is 16.2. The molecule has 2 aliphatic heterocycles. The van der Waals surface area contributed by atoms with Crippen molar-refractivity contribution in [2.24, 2.45) is 5.92 Å². The number of nitrogen functional groups attached to an aromatic ring is 1. The second-order valence-corrected chi connectivity index (χ2v) is 8.29. The lowest BCUT2D eigenvalue weighted by atomic mass is 9.86. The van der Waals surface area contributed by atoms with E-state index < -0.39 is 0 Å². The van der Waals surface area contributed by atoms with Crippen molar-refractivity contribution in [1.29, 1.82) is 0 Å². The Hall–Kier alpha value is -3.08. The SMILES string of the molecule is C=Cc1ccc2c(c1)C(C)(C)CN2C(=O)C1CC(=O)N(c2cccc(N)c2)C1. The summed E-state index contributed by atoms with van der Waals surface area (Å²) in [4.78, 5) is 29.4. The maximum absolute atomic E-state index is 13.3. The summed E-state index contributed by atoms with van der Waals surface area (Å²) in [5.74, 6) is -0.377. The van der Waals surface area contributed by atoms with Gasteiger partial charge in [-0.3, -0.25) is 9.59 Å². The van der Waals surface area contributed by atoms with Gasteiger partial charge in [0.05, 0.1) is 5.92 Å². The summed E-state index contributed by atoms with van der Waals surface area (Å²) in [6.45, 7) is 9.13. The summed E-state index contributed by atoms with van der Waals surface area (Å²) >= 11 is 0. The van der Waals surface area contributed by atoms with Crippen molar-refractivity contribution in [3.8, 4) is 0 Å². The molecule has 2 aromatic rings. The summed E-state index contributed by atoms with van der Waals surface area (Å²) in [5.41, 5.74) is 10.2. The van der Waals surface area contributed by atoms with Gasteiger partial charge in [-0.2, -0.15) is 0 Å². The molecule has 1 atom stereocenters. The quantitative estimate of drug-likeness (QED) is 0.834. The molecule has 2 heterocycles. The first-order valence-corrected chi connectivity index (χ1v) is 9.54. The number of carbonyl (C=O) groups excluding carboxylic acids is 2. The highest BCUT2D eigenvalue weighted by Gasteiger charge is 2.43. The van der Waals surface area contributed by atoms with Gasteiger partial charge >= 0.3 is 0 Å². The van der Waals surface area contributed by atoms with Crippen LogP contribution in [0.25, 0.3) is 6.08 Å². The van der Waals surface area contributed by atoms with E-state index >= 15 is 0 Å². The minimum Gasteiger partial charge on any atom is -0.399 e. The third kappa shape index (κ3) is 2.97. The van der Waals surface area contributed by atoms with Gasteiger partial charge in [0.2, 0.25) is 11.8 Å². The Morgan fingerprint density at radius 3 is 2.75 bits per heavy atom. The smallest absolute Gasteiger partial charge is 0.232 e. The van der Waals surface area contributed by atoms with E-state index in [9.17, 15) is 9.59 Å². The van der Waals surface area contributed by atoms with Crippen LogP contribution in [0.15, 0.2) is 49.0 Å². The number of hydrogen-bond acceptors (Lipinski definition) is 3. The lowest BCUT2D eigenvalue weighted by molar-refractivity contribution is -0.124. The summed E-state index contributed by atoms with van der Waals surface area (Å²) < 4.78 is 0. The van der Waals surface area contributed by atoms with Gasteiger partial charge in [-0.15, -0.1) is 0 Å². The summed E-state index contributed by atoms with van der Waals surface area (Å²) in [7, 11) is 0. The number of nitrogens with zero attached hydrogens (tertiary/aromatic N) is 2. The van der Waals surface area contributed by atoms with Gasteiger partial charge in [0.1, 0.15) is 0 Å². The standard InChI is InChI=1S/C23H25N3O2/c1-4-15-8-9-20-19(10-15)23(2,3)14-26(20)22(28)16-11-21(27)25(13-16)18-7-5-6-17(24)12-18/h4-10,12,16H,1,11,13-14,24H2,2-3H3. The molecule has 0 radical (unpaired) electrons. The van der Waals surface area contributed by atoms with Crippen LogP contribution in [0.4, 0.5) is 17.1 Å². The first-order valence-electron chi connectivity index (χ1n) is 9.54. The third-order valence-electron chi connectivity index (χ3n) is 5.75. The van der Waals surface area contributed by atoms with E-state index in [0.717, 1.165) is 22.5 Å². The zero-order valence-electron chi connectivity index (χ0n) is 16.3. The minimum atomic E-state index is -0.352. The Morgan fingerprint density at radius 1 is 1.25 bits per heavy atom. The molecular weight excluding hydrogens is 350 g/mol. The van der Waals surface area contributed by atoms with Crippen LogP contribution in [0.5, 0.6) is 0 Å². The van der Waals surface area contributed by atoms with Crippen molar-refractivity contribution in [2.45, 2.75) is 25.7 Å². The van der Waals surface area contributed by atoms with Crippen molar-refractivity contribution >= 4 is 35.0 Å². The van der Waals surface area contributed by atoms with Crippen LogP contribution in [0.1, 0.15) is 31.4 Å². The maximum Gasteiger partial charge on any atom is 0.232 e. The molecule has 2 N–H and O–H groups in total. The number of hydrogen-bond donors (Lipinski definition) is 1. The van der Waals surface area contributed by atoms with Gasteiger partial charge in [-0.05, 0) is 41.5 Å². The number of anilines is 3. The number of amides is 2. The lowest BCUT2D eigenvalue weighted by Crippen LogP contribution is -2.39. The first kappa shape index (κ1) is 18.3. The Kier molecular flexibility index (Phi) is 4.26. The molecule has 0 bridgehead atoms. The van der Waals surface area contributed by atoms with E-state index in [0.29, 0.717) is 18.8 Å². The fraction of sp³-hybridized carbons (Fsp3) is 0.304. The van der Waals surface area contributed by atoms with Crippen molar-refractivity contribution in [3.63, 3.8) is 0 Å². The van der Waals surface area contributed by atoms with Gasteiger partial charge in [-0.1, -0.05) is 38.6 Å². The molecule has 28 heavy (non-hydrogen) atoms. The molecule has 1 fully saturated rings. The molecule has 144 valence electrons. The van der Waals surface area contributed by atoms with Crippen molar-refractivity contribution < 1.29 is 9.59 Å². The molecule has 0 aromatic heterocycles. The molecule has 2 aliphatic rings. The second-order valence-electron chi connectivity index (χ2n) is 8.29. The highest BCUT2D eigenvalue weighted by molar-refractivity contribution is 6.05. The number of nitrogens with two attached hydrogens (primary N) is 1. The van der Waals surface area contributed by atoms with Gasteiger partial charge in [-0.25, -0.2) is 0 Å². The van der Waals surface area contributed by atoms with E-state index in [-0.39, 0.29) is 29.6 Å². The summed E-state index contributed by atoms with van der Waals surface area (Å²) in [6.07, 6.45) is 2.05. The molecule has 1 saturated heterocycles. The summed E-state index contributed by atoms with van der Waals surface area (Å²) in [6, 6.07) is 13.3. The number of rotatable bonds is 3. The lowest BCUT2D eigenvalue weighted by Gasteiger charge is -2.23. The topological polar surface area (TPSA) is 66.6 Å².